The van der Waals surface area contributed by atoms with Crippen LogP contribution in [0.4, 0.5) is 5.69 Å². The van der Waals surface area contributed by atoms with Gasteiger partial charge in [0.25, 0.3) is 0 Å². The average molecular weight is 316 g/mol. The Hall–Kier alpha value is -1.84. The first-order valence-corrected chi connectivity index (χ1v) is 8.04. The van der Waals surface area contributed by atoms with E-state index >= 15 is 0 Å². The lowest BCUT2D eigenvalue weighted by molar-refractivity contribution is -0.915. The molecule has 2 aromatic rings. The van der Waals surface area contributed by atoms with Gasteiger partial charge in [-0.15, -0.1) is 0 Å². The zero-order valence-electron chi connectivity index (χ0n) is 12.4. The maximum atomic E-state index is 12.0. The number of rotatable bonds is 4. The minimum Gasteiger partial charge on any atom is -0.330 e. The third-order valence-electron chi connectivity index (χ3n) is 4.12. The molecule has 2 N–H and O–H groups in total. The molecule has 4 heteroatoms. The summed E-state index contributed by atoms with van der Waals surface area (Å²) in [4.78, 5) is 13.5. The molecular weight excluding hydrogens is 296 g/mol. The van der Waals surface area contributed by atoms with E-state index in [-0.39, 0.29) is 5.91 Å². The maximum Gasteiger partial charge on any atom is 0.230 e. The number of amides is 1. The number of nitrogens with one attached hydrogen (secondary N) is 2. The van der Waals surface area contributed by atoms with Crippen molar-refractivity contribution in [2.75, 3.05) is 18.4 Å². The minimum atomic E-state index is 0.0497. The molecule has 0 spiro atoms. The number of hydrogen-bond donors (Lipinski definition) is 2. The van der Waals surface area contributed by atoms with E-state index in [0.29, 0.717) is 11.4 Å². The molecule has 0 bridgehead atoms. The Morgan fingerprint density at radius 2 is 1.95 bits per heavy atom. The molecule has 2 aromatic carbocycles. The zero-order valence-corrected chi connectivity index (χ0v) is 13.2. The summed E-state index contributed by atoms with van der Waals surface area (Å²) < 4.78 is 0. The number of fused-ring (bicyclic) bond motifs is 1. The van der Waals surface area contributed by atoms with Crippen LogP contribution in [0.2, 0.25) is 5.02 Å². The summed E-state index contributed by atoms with van der Waals surface area (Å²) >= 11 is 5.92. The van der Waals surface area contributed by atoms with Gasteiger partial charge in [0.05, 0.1) is 19.5 Å². The van der Waals surface area contributed by atoms with Crippen molar-refractivity contribution in [3.8, 4) is 0 Å². The number of carbonyl (C=O) groups excluding carboxylic acids is 1. The predicted molar refractivity (Wildman–Crippen MR) is 89.2 cm³/mol. The van der Waals surface area contributed by atoms with Gasteiger partial charge in [-0.2, -0.15) is 0 Å². The molecule has 0 aromatic heterocycles. The van der Waals surface area contributed by atoms with Crippen LogP contribution in [-0.2, 0) is 17.8 Å². The molecule has 3 rings (SSSR count). The van der Waals surface area contributed by atoms with Crippen molar-refractivity contribution in [2.45, 2.75) is 19.4 Å². The number of quaternary nitrogens is 1. The van der Waals surface area contributed by atoms with Gasteiger partial charge in [0, 0.05) is 22.7 Å². The summed E-state index contributed by atoms with van der Waals surface area (Å²) in [5, 5.41) is 3.54. The van der Waals surface area contributed by atoms with Crippen molar-refractivity contribution in [3.63, 3.8) is 0 Å². The van der Waals surface area contributed by atoms with E-state index in [0.717, 1.165) is 31.7 Å². The first-order valence-electron chi connectivity index (χ1n) is 7.66. The van der Waals surface area contributed by atoms with Gasteiger partial charge in [-0.3, -0.25) is 4.79 Å². The molecule has 1 amide bonds. The van der Waals surface area contributed by atoms with Crippen LogP contribution in [0.3, 0.4) is 0 Å². The highest BCUT2D eigenvalue weighted by molar-refractivity contribution is 6.30. The largest absolute Gasteiger partial charge is 0.330 e. The van der Waals surface area contributed by atoms with Gasteiger partial charge < -0.3 is 10.2 Å². The standard InChI is InChI=1S/C18H19ClN2O/c19-16-6-3-7-17(12-16)20-18(22)9-11-21-10-8-14-4-1-2-5-15(14)13-21/h1-7,12H,8-11,13H2,(H,20,22)/p+1. The molecule has 22 heavy (non-hydrogen) atoms. The Morgan fingerprint density at radius 3 is 2.77 bits per heavy atom. The van der Waals surface area contributed by atoms with Crippen LogP contribution >= 0.6 is 11.6 Å². The number of carbonyl (C=O) groups is 1. The molecule has 114 valence electrons. The van der Waals surface area contributed by atoms with Gasteiger partial charge in [-0.05, 0) is 23.8 Å². The number of anilines is 1. The molecule has 0 radical (unpaired) electrons. The first-order chi connectivity index (χ1) is 10.7. The van der Waals surface area contributed by atoms with Gasteiger partial charge in [0.15, 0.2) is 0 Å². The number of halogens is 1. The highest BCUT2D eigenvalue weighted by Crippen LogP contribution is 2.15. The fourth-order valence-corrected chi connectivity index (χ4v) is 3.13. The quantitative estimate of drug-likeness (QED) is 0.892. The molecule has 0 fully saturated rings. The summed E-state index contributed by atoms with van der Waals surface area (Å²) in [6.07, 6.45) is 1.63. The Labute approximate surface area is 135 Å². The second kappa shape index (κ2) is 6.95. The number of hydrogen-bond acceptors (Lipinski definition) is 1. The fourth-order valence-electron chi connectivity index (χ4n) is 2.94. The molecule has 3 nitrogen and oxygen atoms in total. The van der Waals surface area contributed by atoms with Crippen molar-refractivity contribution in [2.24, 2.45) is 0 Å². The Bertz CT molecular complexity index is 672. The highest BCUT2D eigenvalue weighted by Gasteiger charge is 2.19. The second-order valence-corrected chi connectivity index (χ2v) is 6.19. The van der Waals surface area contributed by atoms with Gasteiger partial charge in [0.2, 0.25) is 5.91 Å². The average Bonchev–Trinajstić information content (AvgIpc) is 2.53. The van der Waals surface area contributed by atoms with Crippen LogP contribution in [-0.4, -0.2) is 19.0 Å². The summed E-state index contributed by atoms with van der Waals surface area (Å²) in [5.74, 6) is 0.0497. The molecule has 1 aliphatic rings. The summed E-state index contributed by atoms with van der Waals surface area (Å²) in [6, 6.07) is 15.9. The lowest BCUT2D eigenvalue weighted by Crippen LogP contribution is -3.11. The minimum absolute atomic E-state index is 0.0497. The lowest BCUT2D eigenvalue weighted by Gasteiger charge is -2.25. The summed E-state index contributed by atoms with van der Waals surface area (Å²) in [6.45, 7) is 2.98. The van der Waals surface area contributed by atoms with E-state index < -0.39 is 0 Å². The van der Waals surface area contributed by atoms with Crippen LogP contribution in [0.15, 0.2) is 48.5 Å². The van der Waals surface area contributed by atoms with E-state index in [1.807, 2.05) is 12.1 Å². The van der Waals surface area contributed by atoms with E-state index in [1.165, 1.54) is 16.0 Å². The summed E-state index contributed by atoms with van der Waals surface area (Å²) in [7, 11) is 0. The van der Waals surface area contributed by atoms with E-state index in [1.54, 1.807) is 12.1 Å². The molecule has 1 heterocycles. The van der Waals surface area contributed by atoms with Crippen LogP contribution < -0.4 is 10.2 Å². The van der Waals surface area contributed by atoms with Crippen molar-refractivity contribution in [1.29, 1.82) is 0 Å². The van der Waals surface area contributed by atoms with E-state index in [9.17, 15) is 4.79 Å². The number of benzene rings is 2. The van der Waals surface area contributed by atoms with Gasteiger partial charge in [-0.25, -0.2) is 0 Å². The van der Waals surface area contributed by atoms with Crippen LogP contribution in [0.1, 0.15) is 17.5 Å². The van der Waals surface area contributed by atoms with Crippen molar-refractivity contribution < 1.29 is 9.69 Å². The molecule has 1 aliphatic heterocycles. The molecule has 1 unspecified atom stereocenters. The maximum absolute atomic E-state index is 12.0. The van der Waals surface area contributed by atoms with Crippen molar-refractivity contribution in [3.05, 3.63) is 64.7 Å². The molecule has 0 saturated heterocycles. The van der Waals surface area contributed by atoms with Crippen LogP contribution in [0.25, 0.3) is 0 Å². The van der Waals surface area contributed by atoms with E-state index in [2.05, 4.69) is 29.6 Å². The fraction of sp³-hybridized carbons (Fsp3) is 0.278. The third-order valence-corrected chi connectivity index (χ3v) is 4.36. The zero-order chi connectivity index (χ0) is 15.4. The Morgan fingerprint density at radius 1 is 1.14 bits per heavy atom. The highest BCUT2D eigenvalue weighted by atomic mass is 35.5. The smallest absolute Gasteiger partial charge is 0.230 e. The SMILES string of the molecule is O=C(CC[NH+]1CCc2ccccc2C1)Nc1cccc(Cl)c1. The van der Waals surface area contributed by atoms with Gasteiger partial charge in [-0.1, -0.05) is 41.9 Å². The second-order valence-electron chi connectivity index (χ2n) is 5.75. The molecular formula is C18H20ClN2O+. The van der Waals surface area contributed by atoms with E-state index in [4.69, 9.17) is 11.6 Å². The Balaban J connectivity index is 1.50. The van der Waals surface area contributed by atoms with Crippen LogP contribution in [0, 0.1) is 0 Å². The summed E-state index contributed by atoms with van der Waals surface area (Å²) in [5.41, 5.74) is 3.63. The predicted octanol–water partition coefficient (Wildman–Crippen LogP) is 2.31. The van der Waals surface area contributed by atoms with Gasteiger partial charge in [0.1, 0.15) is 6.54 Å². The van der Waals surface area contributed by atoms with Crippen molar-refractivity contribution in [1.82, 2.24) is 0 Å². The molecule has 0 aliphatic carbocycles. The monoisotopic (exact) mass is 315 g/mol. The topological polar surface area (TPSA) is 33.5 Å². The normalized spacial score (nSPS) is 16.9. The van der Waals surface area contributed by atoms with Crippen molar-refractivity contribution >= 4 is 23.2 Å². The van der Waals surface area contributed by atoms with Crippen LogP contribution in [0.5, 0.6) is 0 Å². The Kier molecular flexibility index (Phi) is 4.76. The van der Waals surface area contributed by atoms with Gasteiger partial charge >= 0.3 is 0 Å². The molecule has 0 saturated carbocycles. The first kappa shape index (κ1) is 15.1. The lowest BCUT2D eigenvalue weighted by atomic mass is 10.00. The third kappa shape index (κ3) is 3.87. The molecule has 1 atom stereocenters.